The average molecular weight is 237 g/mol. The molecule has 0 aliphatic carbocycles. The maximum absolute atomic E-state index is 5.71. The van der Waals surface area contributed by atoms with Gasteiger partial charge in [0, 0.05) is 6.61 Å². The van der Waals surface area contributed by atoms with Gasteiger partial charge in [-0.3, -0.25) is 0 Å². The van der Waals surface area contributed by atoms with Gasteiger partial charge in [0.15, 0.2) is 0 Å². The van der Waals surface area contributed by atoms with Crippen LogP contribution in [0.25, 0.3) is 0 Å². The molecule has 0 saturated heterocycles. The first kappa shape index (κ1) is 14.0. The van der Waals surface area contributed by atoms with Gasteiger partial charge in [-0.2, -0.15) is 0 Å². The van der Waals surface area contributed by atoms with E-state index in [-0.39, 0.29) is 0 Å². The summed E-state index contributed by atoms with van der Waals surface area (Å²) in [5.41, 5.74) is 8.02. The number of aryl methyl sites for hydroxylation is 1. The molecule has 0 fully saturated rings. The molecule has 17 heavy (non-hydrogen) atoms. The maximum atomic E-state index is 5.71. The SMILES string of the molecule is CCCOCCOc1ccc(C)cc1CCN. The number of rotatable bonds is 8. The minimum absolute atomic E-state index is 0.598. The second-order valence-electron chi connectivity index (χ2n) is 4.11. The Labute approximate surface area is 104 Å². The van der Waals surface area contributed by atoms with Crippen LogP contribution in [-0.4, -0.2) is 26.4 Å². The van der Waals surface area contributed by atoms with Crippen molar-refractivity contribution in [2.45, 2.75) is 26.7 Å². The van der Waals surface area contributed by atoms with Gasteiger partial charge in [0.2, 0.25) is 0 Å². The molecule has 0 aliphatic heterocycles. The third kappa shape index (κ3) is 5.20. The summed E-state index contributed by atoms with van der Waals surface area (Å²) in [6.07, 6.45) is 1.90. The molecule has 0 heterocycles. The lowest BCUT2D eigenvalue weighted by Gasteiger charge is -2.12. The number of benzene rings is 1. The van der Waals surface area contributed by atoms with Crippen LogP contribution in [0.3, 0.4) is 0 Å². The van der Waals surface area contributed by atoms with Crippen LogP contribution < -0.4 is 10.5 Å². The van der Waals surface area contributed by atoms with Gasteiger partial charge in [-0.1, -0.05) is 24.6 Å². The van der Waals surface area contributed by atoms with Gasteiger partial charge in [-0.05, 0) is 37.9 Å². The van der Waals surface area contributed by atoms with E-state index < -0.39 is 0 Å². The fraction of sp³-hybridized carbons (Fsp3) is 0.571. The van der Waals surface area contributed by atoms with Crippen molar-refractivity contribution >= 4 is 0 Å². The lowest BCUT2D eigenvalue weighted by atomic mass is 10.1. The predicted octanol–water partition coefficient (Wildman–Crippen LogP) is 2.30. The van der Waals surface area contributed by atoms with Gasteiger partial charge >= 0.3 is 0 Å². The third-order valence-corrected chi connectivity index (χ3v) is 2.46. The summed E-state index contributed by atoms with van der Waals surface area (Å²) in [4.78, 5) is 0. The van der Waals surface area contributed by atoms with Crippen molar-refractivity contribution in [2.75, 3.05) is 26.4 Å². The molecular formula is C14H23NO2. The molecule has 0 bridgehead atoms. The van der Waals surface area contributed by atoms with Crippen LogP contribution in [0.15, 0.2) is 18.2 Å². The summed E-state index contributed by atoms with van der Waals surface area (Å²) in [5.74, 6) is 0.932. The molecule has 0 aromatic heterocycles. The Morgan fingerprint density at radius 3 is 2.71 bits per heavy atom. The normalized spacial score (nSPS) is 10.5. The Bertz CT molecular complexity index is 326. The van der Waals surface area contributed by atoms with Crippen molar-refractivity contribution in [2.24, 2.45) is 5.73 Å². The summed E-state index contributed by atoms with van der Waals surface area (Å²) >= 11 is 0. The van der Waals surface area contributed by atoms with Gasteiger partial charge in [0.1, 0.15) is 12.4 Å². The molecule has 1 rings (SSSR count). The Hall–Kier alpha value is -1.06. The van der Waals surface area contributed by atoms with Crippen LogP contribution in [-0.2, 0) is 11.2 Å². The van der Waals surface area contributed by atoms with E-state index >= 15 is 0 Å². The van der Waals surface area contributed by atoms with Gasteiger partial charge < -0.3 is 15.2 Å². The van der Waals surface area contributed by atoms with Crippen LogP contribution in [0.5, 0.6) is 5.75 Å². The maximum Gasteiger partial charge on any atom is 0.122 e. The van der Waals surface area contributed by atoms with E-state index in [0.29, 0.717) is 19.8 Å². The highest BCUT2D eigenvalue weighted by Gasteiger charge is 2.03. The van der Waals surface area contributed by atoms with E-state index in [0.717, 1.165) is 25.2 Å². The summed E-state index contributed by atoms with van der Waals surface area (Å²) in [6, 6.07) is 6.21. The smallest absolute Gasteiger partial charge is 0.122 e. The highest BCUT2D eigenvalue weighted by atomic mass is 16.5. The summed E-state index contributed by atoms with van der Waals surface area (Å²) in [5, 5.41) is 0. The fourth-order valence-corrected chi connectivity index (χ4v) is 1.66. The zero-order valence-corrected chi connectivity index (χ0v) is 10.9. The molecule has 3 heteroatoms. The van der Waals surface area contributed by atoms with Crippen molar-refractivity contribution in [1.29, 1.82) is 0 Å². The topological polar surface area (TPSA) is 44.5 Å². The minimum atomic E-state index is 0.598. The zero-order valence-electron chi connectivity index (χ0n) is 10.9. The fourth-order valence-electron chi connectivity index (χ4n) is 1.66. The zero-order chi connectivity index (χ0) is 12.5. The van der Waals surface area contributed by atoms with Gasteiger partial charge in [0.25, 0.3) is 0 Å². The van der Waals surface area contributed by atoms with E-state index in [9.17, 15) is 0 Å². The van der Waals surface area contributed by atoms with Crippen molar-refractivity contribution in [3.05, 3.63) is 29.3 Å². The van der Waals surface area contributed by atoms with Gasteiger partial charge in [-0.25, -0.2) is 0 Å². The van der Waals surface area contributed by atoms with Crippen LogP contribution in [0.2, 0.25) is 0 Å². The molecule has 0 radical (unpaired) electrons. The van der Waals surface area contributed by atoms with Crippen LogP contribution in [0, 0.1) is 6.92 Å². The third-order valence-electron chi connectivity index (χ3n) is 2.46. The van der Waals surface area contributed by atoms with Crippen LogP contribution in [0.1, 0.15) is 24.5 Å². The molecule has 0 spiro atoms. The largest absolute Gasteiger partial charge is 0.491 e. The molecule has 1 aromatic carbocycles. The Morgan fingerprint density at radius 1 is 1.18 bits per heavy atom. The monoisotopic (exact) mass is 237 g/mol. The second-order valence-corrected chi connectivity index (χ2v) is 4.11. The highest BCUT2D eigenvalue weighted by molar-refractivity contribution is 5.37. The van der Waals surface area contributed by atoms with E-state index in [2.05, 4.69) is 26.0 Å². The first-order valence-corrected chi connectivity index (χ1v) is 6.28. The molecule has 0 aliphatic rings. The quantitative estimate of drug-likeness (QED) is 0.706. The molecule has 2 N–H and O–H groups in total. The summed E-state index contributed by atoms with van der Waals surface area (Å²) in [7, 11) is 0. The average Bonchev–Trinajstić information content (AvgIpc) is 2.32. The predicted molar refractivity (Wildman–Crippen MR) is 70.5 cm³/mol. The second kappa shape index (κ2) is 8.09. The van der Waals surface area contributed by atoms with Crippen LogP contribution >= 0.6 is 0 Å². The summed E-state index contributed by atoms with van der Waals surface area (Å²) < 4.78 is 11.1. The van der Waals surface area contributed by atoms with E-state index in [1.54, 1.807) is 0 Å². The Morgan fingerprint density at radius 2 is 2.00 bits per heavy atom. The Balaban J connectivity index is 2.45. The first-order valence-electron chi connectivity index (χ1n) is 6.28. The van der Waals surface area contributed by atoms with Crippen molar-refractivity contribution in [3.8, 4) is 5.75 Å². The van der Waals surface area contributed by atoms with Gasteiger partial charge in [-0.15, -0.1) is 0 Å². The number of hydrogen-bond acceptors (Lipinski definition) is 3. The van der Waals surface area contributed by atoms with Crippen molar-refractivity contribution < 1.29 is 9.47 Å². The van der Waals surface area contributed by atoms with Crippen molar-refractivity contribution in [1.82, 2.24) is 0 Å². The standard InChI is InChI=1S/C14H23NO2/c1-3-8-16-9-10-17-14-5-4-12(2)11-13(14)6-7-15/h4-5,11H,3,6-10,15H2,1-2H3. The van der Waals surface area contributed by atoms with Crippen LogP contribution in [0.4, 0.5) is 0 Å². The molecule has 96 valence electrons. The molecule has 0 unspecified atom stereocenters. The Kier molecular flexibility index (Phi) is 6.67. The van der Waals surface area contributed by atoms with E-state index in [1.165, 1.54) is 11.1 Å². The van der Waals surface area contributed by atoms with E-state index in [1.807, 2.05) is 6.07 Å². The minimum Gasteiger partial charge on any atom is -0.491 e. The molecule has 0 amide bonds. The molecule has 0 saturated carbocycles. The number of nitrogens with two attached hydrogens (primary N) is 1. The number of ether oxygens (including phenoxy) is 2. The lowest BCUT2D eigenvalue weighted by Crippen LogP contribution is -2.10. The first-order chi connectivity index (χ1) is 8.27. The number of hydrogen-bond donors (Lipinski definition) is 1. The van der Waals surface area contributed by atoms with Gasteiger partial charge in [0.05, 0.1) is 6.61 Å². The van der Waals surface area contributed by atoms with E-state index in [4.69, 9.17) is 15.2 Å². The molecule has 0 atom stereocenters. The summed E-state index contributed by atoms with van der Waals surface area (Å²) in [6.45, 7) is 6.86. The van der Waals surface area contributed by atoms with Crippen molar-refractivity contribution in [3.63, 3.8) is 0 Å². The lowest BCUT2D eigenvalue weighted by molar-refractivity contribution is 0.100. The molecule has 3 nitrogen and oxygen atoms in total. The molecule has 1 aromatic rings. The molecular weight excluding hydrogens is 214 g/mol. The highest BCUT2D eigenvalue weighted by Crippen LogP contribution is 2.20.